The molecule has 0 unspecified atom stereocenters. The SMILES string of the molecule is CCOC(=O)C1=C(C)N=c2sc(=Cc3cc(Br)c(OC)cc3OC)c(=O)n2[C@H]1c1cc(OC)c(OC)cc1Br. The van der Waals surface area contributed by atoms with Crippen molar-refractivity contribution in [2.75, 3.05) is 35.0 Å². The highest BCUT2D eigenvalue weighted by Crippen LogP contribution is 2.41. The number of allylic oxidation sites excluding steroid dienone is 1. The Balaban J connectivity index is 2.02. The van der Waals surface area contributed by atoms with Gasteiger partial charge in [0.05, 0.1) is 61.4 Å². The van der Waals surface area contributed by atoms with E-state index in [-0.39, 0.29) is 17.7 Å². The number of esters is 1. The van der Waals surface area contributed by atoms with Crippen molar-refractivity contribution in [3.8, 4) is 23.0 Å². The molecule has 1 atom stereocenters. The minimum Gasteiger partial charge on any atom is -0.496 e. The number of carbonyl (C=O) groups excluding carboxylic acids is 1. The molecule has 1 aliphatic rings. The number of nitrogens with zero attached hydrogens (tertiary/aromatic N) is 2. The van der Waals surface area contributed by atoms with Gasteiger partial charge in [0.1, 0.15) is 11.5 Å². The van der Waals surface area contributed by atoms with Crippen LogP contribution in [0.5, 0.6) is 23.0 Å². The molecule has 0 radical (unpaired) electrons. The highest BCUT2D eigenvalue weighted by Gasteiger charge is 2.35. The zero-order valence-corrected chi connectivity index (χ0v) is 26.1. The van der Waals surface area contributed by atoms with Crippen LogP contribution in [0.2, 0.25) is 0 Å². The summed E-state index contributed by atoms with van der Waals surface area (Å²) in [5, 5.41) is 0. The topological polar surface area (TPSA) is 97.6 Å². The van der Waals surface area contributed by atoms with Crippen LogP contribution < -0.4 is 33.8 Å². The van der Waals surface area contributed by atoms with Crippen molar-refractivity contribution < 1.29 is 28.5 Å². The fourth-order valence-corrected chi connectivity index (χ4v) is 6.40. The first-order valence-electron chi connectivity index (χ1n) is 11.7. The molecule has 0 spiro atoms. The van der Waals surface area contributed by atoms with Crippen molar-refractivity contribution in [2.45, 2.75) is 19.9 Å². The summed E-state index contributed by atoms with van der Waals surface area (Å²) in [6.45, 7) is 3.63. The van der Waals surface area contributed by atoms with E-state index in [2.05, 4.69) is 36.9 Å². The Bertz CT molecular complexity index is 1660. The third kappa shape index (κ3) is 5.37. The van der Waals surface area contributed by atoms with E-state index in [9.17, 15) is 9.59 Å². The van der Waals surface area contributed by atoms with E-state index in [1.54, 1.807) is 52.3 Å². The van der Waals surface area contributed by atoms with Gasteiger partial charge in [-0.1, -0.05) is 27.3 Å². The molecule has 0 saturated heterocycles. The summed E-state index contributed by atoms with van der Waals surface area (Å²) in [5.74, 6) is 1.52. The van der Waals surface area contributed by atoms with Gasteiger partial charge in [0, 0.05) is 16.1 Å². The lowest BCUT2D eigenvalue weighted by Gasteiger charge is -2.26. The zero-order valence-electron chi connectivity index (χ0n) is 22.1. The van der Waals surface area contributed by atoms with Crippen molar-refractivity contribution in [3.63, 3.8) is 0 Å². The molecular formula is C27H26Br2N2O7S. The van der Waals surface area contributed by atoms with Crippen molar-refractivity contribution in [1.82, 2.24) is 4.57 Å². The number of halogens is 2. The number of methoxy groups -OCH3 is 4. The second-order valence-electron chi connectivity index (χ2n) is 8.26. The fourth-order valence-electron chi connectivity index (χ4n) is 4.30. The smallest absolute Gasteiger partial charge is 0.338 e. The van der Waals surface area contributed by atoms with Crippen LogP contribution in [0.3, 0.4) is 0 Å². The van der Waals surface area contributed by atoms with Gasteiger partial charge in [-0.3, -0.25) is 9.36 Å². The molecule has 0 amide bonds. The highest BCUT2D eigenvalue weighted by molar-refractivity contribution is 9.10. The van der Waals surface area contributed by atoms with Crippen molar-refractivity contribution >= 4 is 55.2 Å². The quantitative estimate of drug-likeness (QED) is 0.326. The molecule has 39 heavy (non-hydrogen) atoms. The van der Waals surface area contributed by atoms with Crippen LogP contribution in [-0.2, 0) is 9.53 Å². The van der Waals surface area contributed by atoms with Crippen LogP contribution >= 0.6 is 43.2 Å². The third-order valence-corrected chi connectivity index (χ3v) is 8.39. The Morgan fingerprint density at radius 3 is 2.23 bits per heavy atom. The van der Waals surface area contributed by atoms with E-state index < -0.39 is 12.0 Å². The molecule has 206 valence electrons. The van der Waals surface area contributed by atoms with Gasteiger partial charge in [-0.15, -0.1) is 0 Å². The summed E-state index contributed by atoms with van der Waals surface area (Å²) in [4.78, 5) is 32.3. The Morgan fingerprint density at radius 2 is 1.62 bits per heavy atom. The molecule has 1 aliphatic heterocycles. The van der Waals surface area contributed by atoms with E-state index in [0.717, 1.165) is 0 Å². The average molecular weight is 682 g/mol. The van der Waals surface area contributed by atoms with Crippen molar-refractivity contribution in [2.24, 2.45) is 4.99 Å². The van der Waals surface area contributed by atoms with E-state index >= 15 is 0 Å². The molecule has 4 rings (SSSR count). The number of aromatic nitrogens is 1. The van der Waals surface area contributed by atoms with Crippen LogP contribution in [0.1, 0.15) is 31.0 Å². The molecule has 0 fully saturated rings. The van der Waals surface area contributed by atoms with E-state index in [1.165, 1.54) is 30.1 Å². The zero-order chi connectivity index (χ0) is 28.4. The van der Waals surface area contributed by atoms with Gasteiger partial charge in [-0.05, 0) is 59.6 Å². The lowest BCUT2D eigenvalue weighted by atomic mass is 9.95. The van der Waals surface area contributed by atoms with Crippen molar-refractivity contribution in [1.29, 1.82) is 0 Å². The maximum atomic E-state index is 14.0. The number of ether oxygens (including phenoxy) is 5. The molecule has 0 aliphatic carbocycles. The summed E-state index contributed by atoms with van der Waals surface area (Å²) in [5.41, 5.74) is 1.67. The lowest BCUT2D eigenvalue weighted by Crippen LogP contribution is -2.40. The largest absolute Gasteiger partial charge is 0.496 e. The fraction of sp³-hybridized carbons (Fsp3) is 0.296. The standard InChI is InChI=1S/C27H26Br2N2O7S/c1-7-38-26(33)23-13(2)30-27-31(24(23)15-10-20(36-5)21(37-6)11-16(15)28)25(32)22(39-27)9-14-8-17(29)19(35-4)12-18(14)34-3/h8-12,24H,7H2,1-6H3/t24-/m0/s1. The molecule has 2 aromatic carbocycles. The highest BCUT2D eigenvalue weighted by atomic mass is 79.9. The predicted molar refractivity (Wildman–Crippen MR) is 155 cm³/mol. The molecule has 1 aromatic heterocycles. The molecule has 3 aromatic rings. The third-order valence-electron chi connectivity index (χ3n) is 6.11. The maximum Gasteiger partial charge on any atom is 0.338 e. The monoisotopic (exact) mass is 680 g/mol. The van der Waals surface area contributed by atoms with Crippen LogP contribution in [0, 0.1) is 0 Å². The van der Waals surface area contributed by atoms with Gasteiger partial charge in [0.15, 0.2) is 16.3 Å². The Morgan fingerprint density at radius 1 is 0.974 bits per heavy atom. The lowest BCUT2D eigenvalue weighted by molar-refractivity contribution is -0.139. The number of fused-ring (bicyclic) bond motifs is 1. The first kappa shape index (κ1) is 28.9. The van der Waals surface area contributed by atoms with Gasteiger partial charge >= 0.3 is 5.97 Å². The molecule has 2 heterocycles. The Hall–Kier alpha value is -3.09. The van der Waals surface area contributed by atoms with Crippen LogP contribution in [0.4, 0.5) is 0 Å². The summed E-state index contributed by atoms with van der Waals surface area (Å²) < 4.78 is 30.5. The normalized spacial score (nSPS) is 15.0. The number of carbonyl (C=O) groups is 1. The number of thiazole rings is 1. The molecule has 12 heteroatoms. The number of hydrogen-bond acceptors (Lipinski definition) is 9. The first-order valence-corrected chi connectivity index (χ1v) is 14.1. The van der Waals surface area contributed by atoms with E-state index in [4.69, 9.17) is 23.7 Å². The maximum absolute atomic E-state index is 14.0. The second-order valence-corrected chi connectivity index (χ2v) is 11.0. The van der Waals surface area contributed by atoms with Crippen LogP contribution in [-0.4, -0.2) is 45.6 Å². The molecule has 9 nitrogen and oxygen atoms in total. The van der Waals surface area contributed by atoms with E-state index in [0.29, 0.717) is 58.1 Å². The Labute approximate surface area is 245 Å². The molecule has 0 N–H and O–H groups in total. The van der Waals surface area contributed by atoms with Crippen LogP contribution in [0.25, 0.3) is 6.08 Å². The van der Waals surface area contributed by atoms with Gasteiger partial charge in [-0.2, -0.15) is 0 Å². The van der Waals surface area contributed by atoms with Crippen LogP contribution in [0.15, 0.2) is 54.3 Å². The average Bonchev–Trinajstić information content (AvgIpc) is 3.22. The number of benzene rings is 2. The molecule has 0 bridgehead atoms. The van der Waals surface area contributed by atoms with Gasteiger partial charge in [-0.25, -0.2) is 9.79 Å². The van der Waals surface area contributed by atoms with Gasteiger partial charge in [0.2, 0.25) is 0 Å². The summed E-state index contributed by atoms with van der Waals surface area (Å²) in [7, 11) is 6.17. The summed E-state index contributed by atoms with van der Waals surface area (Å²) in [6.07, 6.45) is 1.73. The minimum absolute atomic E-state index is 0.173. The van der Waals surface area contributed by atoms with Crippen molar-refractivity contribution in [3.05, 3.63) is 75.3 Å². The Kier molecular flexibility index (Phi) is 8.87. The minimum atomic E-state index is -0.832. The van der Waals surface area contributed by atoms with Gasteiger partial charge < -0.3 is 23.7 Å². The summed E-state index contributed by atoms with van der Waals surface area (Å²) in [6, 6.07) is 6.20. The number of rotatable bonds is 8. The molecule has 0 saturated carbocycles. The number of hydrogen-bond donors (Lipinski definition) is 0. The predicted octanol–water partition coefficient (Wildman–Crippen LogP) is 4.36. The summed E-state index contributed by atoms with van der Waals surface area (Å²) >= 11 is 8.31. The molecular weight excluding hydrogens is 656 g/mol. The first-order chi connectivity index (χ1) is 18.7. The second kappa shape index (κ2) is 12.0. The van der Waals surface area contributed by atoms with Gasteiger partial charge in [0.25, 0.3) is 5.56 Å². The van der Waals surface area contributed by atoms with E-state index in [1.807, 2.05) is 6.07 Å².